The monoisotopic (exact) mass is 512 g/mol. The highest BCUT2D eigenvalue weighted by Gasteiger charge is 2.22. The number of aryl methyl sites for hydroxylation is 1. The number of likely N-dealkylation sites (N-methyl/N-ethyl adjacent to an activating group) is 1. The smallest absolute Gasteiger partial charge is 0.209 e. The highest BCUT2D eigenvalue weighted by atomic mass is 127. The molecule has 27 heavy (non-hydrogen) atoms. The molecule has 0 saturated heterocycles. The quantitative estimate of drug-likeness (QED) is 0.301. The van der Waals surface area contributed by atoms with Crippen LogP contribution in [0.25, 0.3) is 0 Å². The number of nitrogens with zero attached hydrogens (tertiary/aromatic N) is 2. The van der Waals surface area contributed by atoms with Crippen LogP contribution in [0.3, 0.4) is 0 Å². The van der Waals surface area contributed by atoms with Crippen LogP contribution < -0.4 is 14.8 Å². The van der Waals surface area contributed by atoms with Crippen LogP contribution >= 0.6 is 24.0 Å². The lowest BCUT2D eigenvalue weighted by atomic mass is 10.1. The van der Waals surface area contributed by atoms with E-state index in [0.29, 0.717) is 25.7 Å². The predicted molar refractivity (Wildman–Crippen MR) is 123 cm³/mol. The Labute approximate surface area is 181 Å². The zero-order valence-corrected chi connectivity index (χ0v) is 20.2. The fraction of sp³-hybridized carbons (Fsp3) is 0.611. The Kier molecular flexibility index (Phi) is 11.2. The summed E-state index contributed by atoms with van der Waals surface area (Å²) < 4.78 is 31.2. The third kappa shape index (κ3) is 11.4. The minimum absolute atomic E-state index is 0. The standard InChI is InChI=1S/C18H32N4O3S.HI/c1-7-19-17(20-14-18(3,4)21-26(6,23)24)22(5)12-13-25-16-10-8-15(2)9-11-16;/h8-11,21H,7,12-14H2,1-6H3,(H,19,20);1H. The summed E-state index contributed by atoms with van der Waals surface area (Å²) in [5, 5.41) is 3.22. The minimum atomic E-state index is -3.28. The molecule has 9 heteroatoms. The largest absolute Gasteiger partial charge is 0.492 e. The maximum Gasteiger partial charge on any atom is 0.209 e. The van der Waals surface area contributed by atoms with E-state index < -0.39 is 15.6 Å². The van der Waals surface area contributed by atoms with Crippen LogP contribution in [0.4, 0.5) is 0 Å². The number of ether oxygens (including phenoxy) is 1. The molecule has 0 aliphatic rings. The third-order valence-corrected chi connectivity index (χ3v) is 4.42. The lowest BCUT2D eigenvalue weighted by Gasteiger charge is -2.26. The summed E-state index contributed by atoms with van der Waals surface area (Å²) in [6.07, 6.45) is 1.15. The van der Waals surface area contributed by atoms with Gasteiger partial charge in [0.1, 0.15) is 12.4 Å². The molecule has 7 nitrogen and oxygen atoms in total. The van der Waals surface area contributed by atoms with Crippen LogP contribution in [0.5, 0.6) is 5.75 Å². The summed E-state index contributed by atoms with van der Waals surface area (Å²) in [4.78, 5) is 6.52. The molecule has 0 aliphatic carbocycles. The van der Waals surface area contributed by atoms with Gasteiger partial charge in [-0.25, -0.2) is 13.1 Å². The van der Waals surface area contributed by atoms with Gasteiger partial charge in [0.05, 0.1) is 19.3 Å². The molecule has 156 valence electrons. The van der Waals surface area contributed by atoms with Crippen molar-refractivity contribution in [2.45, 2.75) is 33.2 Å². The zero-order valence-electron chi connectivity index (χ0n) is 17.1. The average molecular weight is 512 g/mol. The van der Waals surface area contributed by atoms with Crippen molar-refractivity contribution in [3.8, 4) is 5.75 Å². The molecule has 2 N–H and O–H groups in total. The van der Waals surface area contributed by atoms with Gasteiger partial charge < -0.3 is 15.0 Å². The Hall–Kier alpha value is -1.07. The van der Waals surface area contributed by atoms with Crippen molar-refractivity contribution in [1.29, 1.82) is 0 Å². The Balaban J connectivity index is 0.00000676. The van der Waals surface area contributed by atoms with Crippen molar-refractivity contribution in [3.63, 3.8) is 0 Å². The van der Waals surface area contributed by atoms with E-state index in [1.165, 1.54) is 5.56 Å². The number of benzene rings is 1. The summed E-state index contributed by atoms with van der Waals surface area (Å²) in [6.45, 7) is 9.87. The molecule has 0 radical (unpaired) electrons. The number of hydrogen-bond donors (Lipinski definition) is 2. The van der Waals surface area contributed by atoms with Crippen molar-refractivity contribution < 1.29 is 13.2 Å². The molecule has 0 unspecified atom stereocenters. The molecule has 1 rings (SSSR count). The third-order valence-electron chi connectivity index (χ3n) is 3.50. The van der Waals surface area contributed by atoms with Gasteiger partial charge in [0.25, 0.3) is 0 Å². The molecular weight excluding hydrogens is 479 g/mol. The second kappa shape index (κ2) is 11.7. The fourth-order valence-corrected chi connectivity index (χ4v) is 3.39. The molecule has 0 heterocycles. The fourth-order valence-electron chi connectivity index (χ4n) is 2.32. The number of hydrogen-bond acceptors (Lipinski definition) is 4. The second-order valence-electron chi connectivity index (χ2n) is 7.01. The van der Waals surface area contributed by atoms with E-state index in [1.807, 2.05) is 63.9 Å². The Morgan fingerprint density at radius 1 is 1.26 bits per heavy atom. The van der Waals surface area contributed by atoms with Crippen molar-refractivity contribution >= 4 is 40.0 Å². The summed E-state index contributed by atoms with van der Waals surface area (Å²) in [5.41, 5.74) is 0.536. The summed E-state index contributed by atoms with van der Waals surface area (Å²) in [6, 6.07) is 7.94. The number of rotatable bonds is 9. The number of sulfonamides is 1. The van der Waals surface area contributed by atoms with Gasteiger partial charge in [-0.3, -0.25) is 4.99 Å². The molecule has 0 amide bonds. The van der Waals surface area contributed by atoms with Crippen LogP contribution in [-0.4, -0.2) is 64.4 Å². The van der Waals surface area contributed by atoms with Crippen LogP contribution in [-0.2, 0) is 10.0 Å². The van der Waals surface area contributed by atoms with Crippen molar-refractivity contribution in [3.05, 3.63) is 29.8 Å². The summed E-state index contributed by atoms with van der Waals surface area (Å²) in [5.74, 6) is 1.55. The zero-order chi connectivity index (χ0) is 19.8. The first-order valence-electron chi connectivity index (χ1n) is 8.70. The summed E-state index contributed by atoms with van der Waals surface area (Å²) in [7, 11) is -1.36. The van der Waals surface area contributed by atoms with Crippen LogP contribution in [0, 0.1) is 6.92 Å². The van der Waals surface area contributed by atoms with E-state index in [1.54, 1.807) is 0 Å². The van der Waals surface area contributed by atoms with Gasteiger partial charge in [-0.15, -0.1) is 24.0 Å². The highest BCUT2D eigenvalue weighted by Crippen LogP contribution is 2.11. The van der Waals surface area contributed by atoms with Crippen LogP contribution in [0.1, 0.15) is 26.3 Å². The van der Waals surface area contributed by atoms with Gasteiger partial charge in [-0.05, 0) is 39.8 Å². The predicted octanol–water partition coefficient (Wildman–Crippen LogP) is 2.22. The molecule has 0 spiro atoms. The van der Waals surface area contributed by atoms with Gasteiger partial charge in [-0.1, -0.05) is 17.7 Å². The second-order valence-corrected chi connectivity index (χ2v) is 8.76. The molecule has 0 aliphatic heterocycles. The van der Waals surface area contributed by atoms with E-state index in [4.69, 9.17) is 4.74 Å². The van der Waals surface area contributed by atoms with Gasteiger partial charge >= 0.3 is 0 Å². The van der Waals surface area contributed by atoms with E-state index in [-0.39, 0.29) is 24.0 Å². The van der Waals surface area contributed by atoms with Gasteiger partial charge in [0.2, 0.25) is 10.0 Å². The van der Waals surface area contributed by atoms with E-state index in [2.05, 4.69) is 15.0 Å². The van der Waals surface area contributed by atoms with Crippen LogP contribution in [0.15, 0.2) is 29.3 Å². The first-order valence-corrected chi connectivity index (χ1v) is 10.6. The first kappa shape index (κ1) is 25.9. The van der Waals surface area contributed by atoms with Gasteiger partial charge in [-0.2, -0.15) is 0 Å². The molecule has 0 atom stereocenters. The van der Waals surface area contributed by atoms with Crippen molar-refractivity contribution in [2.24, 2.45) is 4.99 Å². The maximum atomic E-state index is 11.4. The molecule has 0 aromatic heterocycles. The lowest BCUT2D eigenvalue weighted by Crippen LogP contribution is -2.47. The molecule has 1 aromatic rings. The number of guanidine groups is 1. The Morgan fingerprint density at radius 2 is 1.85 bits per heavy atom. The molecule has 1 aromatic carbocycles. The molecule has 0 fully saturated rings. The summed E-state index contributed by atoms with van der Waals surface area (Å²) >= 11 is 0. The van der Waals surface area contributed by atoms with Crippen LogP contribution in [0.2, 0.25) is 0 Å². The maximum absolute atomic E-state index is 11.4. The normalized spacial score (nSPS) is 12.3. The van der Waals surface area contributed by atoms with E-state index in [0.717, 1.165) is 18.6 Å². The molecule has 0 bridgehead atoms. The number of aliphatic imine (C=N–C) groups is 1. The molecular formula is C18H33IN4O3S. The first-order chi connectivity index (χ1) is 12.0. The molecule has 0 saturated carbocycles. The Morgan fingerprint density at radius 3 is 2.37 bits per heavy atom. The minimum Gasteiger partial charge on any atom is -0.492 e. The number of nitrogens with one attached hydrogen (secondary N) is 2. The SMILES string of the molecule is CCNC(=NCC(C)(C)NS(C)(=O)=O)N(C)CCOc1ccc(C)cc1.I. The number of halogens is 1. The van der Waals surface area contributed by atoms with E-state index >= 15 is 0 Å². The van der Waals surface area contributed by atoms with Gasteiger partial charge in [0, 0.05) is 19.1 Å². The average Bonchev–Trinajstić information content (AvgIpc) is 2.51. The van der Waals surface area contributed by atoms with Gasteiger partial charge in [0.15, 0.2) is 5.96 Å². The highest BCUT2D eigenvalue weighted by molar-refractivity contribution is 14.0. The van der Waals surface area contributed by atoms with Crippen molar-refractivity contribution in [2.75, 3.05) is 39.5 Å². The van der Waals surface area contributed by atoms with Crippen molar-refractivity contribution in [1.82, 2.24) is 14.9 Å². The van der Waals surface area contributed by atoms with E-state index in [9.17, 15) is 8.42 Å². The lowest BCUT2D eigenvalue weighted by molar-refractivity contribution is 0.281. The Bertz CT molecular complexity index is 691. The topological polar surface area (TPSA) is 83.0 Å².